The van der Waals surface area contributed by atoms with Gasteiger partial charge in [0.2, 0.25) is 0 Å². The van der Waals surface area contributed by atoms with Gasteiger partial charge in [-0.25, -0.2) is 14.4 Å². The molecule has 1 saturated heterocycles. The second kappa shape index (κ2) is 8.95. The Bertz CT molecular complexity index is 1060. The molecule has 0 amide bonds. The average Bonchev–Trinajstić information content (AvgIpc) is 3.29. The van der Waals surface area contributed by atoms with Crippen molar-refractivity contribution >= 4 is 40.0 Å². The van der Waals surface area contributed by atoms with Crippen LogP contribution in [0.5, 0.6) is 0 Å². The molecule has 30 heavy (non-hydrogen) atoms. The summed E-state index contributed by atoms with van der Waals surface area (Å²) in [6.07, 6.45) is 3.39. The fourth-order valence-corrected chi connectivity index (χ4v) is 3.33. The highest BCUT2D eigenvalue weighted by molar-refractivity contribution is 6.33. The van der Waals surface area contributed by atoms with Gasteiger partial charge in [0.15, 0.2) is 11.6 Å². The number of carbonyl (C=O) groups is 1. The van der Waals surface area contributed by atoms with Gasteiger partial charge in [-0.2, -0.15) is 0 Å². The van der Waals surface area contributed by atoms with Gasteiger partial charge in [0.05, 0.1) is 10.4 Å². The zero-order valence-corrected chi connectivity index (χ0v) is 17.7. The van der Waals surface area contributed by atoms with Gasteiger partial charge in [0.25, 0.3) is 0 Å². The molecular weight excluding hydrogens is 436 g/mol. The zero-order valence-electron chi connectivity index (χ0n) is 16.2. The summed E-state index contributed by atoms with van der Waals surface area (Å²) in [5.41, 5.74) is 0.894. The first-order valence-electron chi connectivity index (χ1n) is 9.11. The molecule has 1 aliphatic heterocycles. The summed E-state index contributed by atoms with van der Waals surface area (Å²) in [5, 5.41) is 17.2. The number of aliphatic hydroxyl groups is 2. The Morgan fingerprint density at radius 2 is 1.93 bits per heavy atom. The lowest BCUT2D eigenvalue weighted by Gasteiger charge is -2.15. The highest BCUT2D eigenvalue weighted by atomic mass is 35.5. The van der Waals surface area contributed by atoms with E-state index in [1.807, 2.05) is 16.8 Å². The van der Waals surface area contributed by atoms with Crippen molar-refractivity contribution in [3.05, 3.63) is 58.3 Å². The molecule has 0 radical (unpaired) electrons. The maximum atomic E-state index is 13.6. The van der Waals surface area contributed by atoms with E-state index in [1.165, 1.54) is 32.3 Å². The van der Waals surface area contributed by atoms with E-state index in [9.17, 15) is 9.18 Å². The number of aromatic nitrogens is 3. The van der Waals surface area contributed by atoms with Gasteiger partial charge < -0.3 is 19.5 Å². The van der Waals surface area contributed by atoms with Crippen LogP contribution in [-0.4, -0.2) is 42.4 Å². The number of halogens is 3. The van der Waals surface area contributed by atoms with Crippen LogP contribution in [0, 0.1) is 5.82 Å². The van der Waals surface area contributed by atoms with Crippen LogP contribution < -0.4 is 0 Å². The molecule has 1 fully saturated rings. The average molecular weight is 456 g/mol. The van der Waals surface area contributed by atoms with Crippen molar-refractivity contribution in [2.75, 3.05) is 0 Å². The van der Waals surface area contributed by atoms with Crippen molar-refractivity contribution in [2.45, 2.75) is 44.8 Å². The molecule has 0 saturated carbocycles. The van der Waals surface area contributed by atoms with Crippen LogP contribution in [-0.2, 0) is 4.74 Å². The third-order valence-electron chi connectivity index (χ3n) is 4.26. The van der Waals surface area contributed by atoms with E-state index in [0.29, 0.717) is 23.6 Å². The number of rotatable bonds is 3. The van der Waals surface area contributed by atoms with E-state index >= 15 is 0 Å². The molecule has 7 nitrogen and oxygen atoms in total. The molecule has 2 unspecified atom stereocenters. The van der Waals surface area contributed by atoms with E-state index in [-0.39, 0.29) is 22.6 Å². The van der Waals surface area contributed by atoms with E-state index in [0.717, 1.165) is 11.5 Å². The summed E-state index contributed by atoms with van der Waals surface area (Å²) in [7, 11) is 0. The number of Topliss-reactive ketones (excluding diaryl/α,β-unsaturated/α-hetero) is 1. The van der Waals surface area contributed by atoms with Gasteiger partial charge in [-0.1, -0.05) is 23.2 Å². The molecular formula is C20H20Cl2FN3O4. The van der Waals surface area contributed by atoms with Crippen molar-refractivity contribution in [1.29, 1.82) is 0 Å². The number of hydrogen-bond donors (Lipinski definition) is 2. The molecule has 1 aliphatic rings. The van der Waals surface area contributed by atoms with Gasteiger partial charge in [-0.3, -0.25) is 4.79 Å². The van der Waals surface area contributed by atoms with Crippen molar-refractivity contribution in [3.63, 3.8) is 0 Å². The van der Waals surface area contributed by atoms with Crippen LogP contribution in [0.1, 0.15) is 43.3 Å². The number of benzene rings is 1. The van der Waals surface area contributed by atoms with Gasteiger partial charge in [0.1, 0.15) is 35.3 Å². The second-order valence-corrected chi connectivity index (χ2v) is 8.03. The third-order valence-corrected chi connectivity index (χ3v) is 4.87. The van der Waals surface area contributed by atoms with E-state index in [2.05, 4.69) is 9.97 Å². The molecule has 3 heterocycles. The first-order chi connectivity index (χ1) is 14.0. The standard InChI is InChI=1S/C17H12Cl2FN3O2.C3H8O2/c18-11-2-1-9(7-12(11)20)15(24)13-3-4-14(25-13)23-6-5-10-16(19)21-8-22-17(10)23;1-3(2,4)5/h1-2,5-8,13-14H,3-4H2;4-5H,1-2H3. The Balaban J connectivity index is 0.000000461. The number of ether oxygens (including phenoxy) is 1. The highest BCUT2D eigenvalue weighted by Crippen LogP contribution is 2.33. The summed E-state index contributed by atoms with van der Waals surface area (Å²) in [6, 6.07) is 5.82. The van der Waals surface area contributed by atoms with Gasteiger partial charge in [0, 0.05) is 11.8 Å². The van der Waals surface area contributed by atoms with Crippen LogP contribution in [0.3, 0.4) is 0 Å². The predicted octanol–water partition coefficient (Wildman–Crippen LogP) is 4.14. The number of hydrogen-bond acceptors (Lipinski definition) is 6. The van der Waals surface area contributed by atoms with Crippen LogP contribution in [0.15, 0.2) is 36.8 Å². The molecule has 2 atom stereocenters. The molecule has 0 spiro atoms. The summed E-state index contributed by atoms with van der Waals surface area (Å²) in [6.45, 7) is 2.60. The number of fused-ring (bicyclic) bond motifs is 1. The second-order valence-electron chi connectivity index (χ2n) is 7.27. The fourth-order valence-electron chi connectivity index (χ4n) is 3.02. The summed E-state index contributed by atoms with van der Waals surface area (Å²) in [5.74, 6) is -2.38. The van der Waals surface area contributed by atoms with E-state index < -0.39 is 17.7 Å². The van der Waals surface area contributed by atoms with E-state index in [1.54, 1.807) is 0 Å². The lowest BCUT2D eigenvalue weighted by Crippen LogP contribution is -2.21. The maximum Gasteiger partial charge on any atom is 0.191 e. The van der Waals surface area contributed by atoms with Crippen molar-refractivity contribution in [1.82, 2.24) is 14.5 Å². The topological polar surface area (TPSA) is 97.5 Å². The summed E-state index contributed by atoms with van der Waals surface area (Å²) < 4.78 is 21.3. The van der Waals surface area contributed by atoms with Gasteiger partial charge in [-0.05, 0) is 51.0 Å². The molecule has 1 aromatic carbocycles. The first kappa shape index (κ1) is 22.6. The molecule has 0 aliphatic carbocycles. The lowest BCUT2D eigenvalue weighted by molar-refractivity contribution is -0.127. The predicted molar refractivity (Wildman–Crippen MR) is 110 cm³/mol. The Labute approximate surface area is 182 Å². The largest absolute Gasteiger partial charge is 0.366 e. The Morgan fingerprint density at radius 1 is 1.23 bits per heavy atom. The zero-order chi connectivity index (χ0) is 22.1. The maximum absolute atomic E-state index is 13.6. The van der Waals surface area contributed by atoms with Gasteiger partial charge >= 0.3 is 0 Å². The molecule has 3 aromatic rings. The molecule has 4 rings (SSSR count). The van der Waals surface area contributed by atoms with Gasteiger partial charge in [-0.15, -0.1) is 0 Å². The van der Waals surface area contributed by atoms with Crippen LogP contribution in [0.2, 0.25) is 10.2 Å². The first-order valence-corrected chi connectivity index (χ1v) is 9.86. The molecule has 160 valence electrons. The normalized spacial score (nSPS) is 18.9. The van der Waals surface area contributed by atoms with Crippen LogP contribution in [0.4, 0.5) is 4.39 Å². The minimum Gasteiger partial charge on any atom is -0.366 e. The highest BCUT2D eigenvalue weighted by Gasteiger charge is 2.33. The number of carbonyl (C=O) groups excluding carboxylic acids is 1. The van der Waals surface area contributed by atoms with Crippen LogP contribution in [0.25, 0.3) is 11.0 Å². The number of ketones is 1. The smallest absolute Gasteiger partial charge is 0.191 e. The Kier molecular flexibility index (Phi) is 6.74. The minimum absolute atomic E-state index is 0.0165. The summed E-state index contributed by atoms with van der Waals surface area (Å²) in [4.78, 5) is 20.7. The molecule has 0 bridgehead atoms. The SMILES string of the molecule is CC(C)(O)O.O=C(c1ccc(Cl)c(F)c1)C1CCC(n2ccc3c(Cl)ncnc32)O1. The van der Waals surface area contributed by atoms with E-state index in [4.69, 9.17) is 38.2 Å². The molecule has 2 aromatic heterocycles. The van der Waals surface area contributed by atoms with Crippen molar-refractivity contribution in [2.24, 2.45) is 0 Å². The Hall–Kier alpha value is -2.10. The quantitative estimate of drug-likeness (QED) is 0.349. The third kappa shape index (κ3) is 5.33. The monoisotopic (exact) mass is 455 g/mol. The summed E-state index contributed by atoms with van der Waals surface area (Å²) >= 11 is 11.7. The molecule has 10 heteroatoms. The van der Waals surface area contributed by atoms with Crippen molar-refractivity contribution in [3.8, 4) is 0 Å². The van der Waals surface area contributed by atoms with Crippen molar-refractivity contribution < 1.29 is 24.1 Å². The molecule has 2 N–H and O–H groups in total. The fraction of sp³-hybridized carbons (Fsp3) is 0.350. The number of nitrogens with zero attached hydrogens (tertiary/aromatic N) is 3. The minimum atomic E-state index is -1.50. The Morgan fingerprint density at radius 3 is 2.60 bits per heavy atom. The lowest BCUT2D eigenvalue weighted by atomic mass is 10.0. The van der Waals surface area contributed by atoms with Crippen LogP contribution >= 0.6 is 23.2 Å².